The van der Waals surface area contributed by atoms with Crippen molar-refractivity contribution in [2.24, 2.45) is 11.8 Å². The summed E-state index contributed by atoms with van der Waals surface area (Å²) in [5.41, 5.74) is 1.14. The van der Waals surface area contributed by atoms with Gasteiger partial charge in [0, 0.05) is 37.9 Å². The minimum atomic E-state index is -0.831. The Labute approximate surface area is 318 Å². The van der Waals surface area contributed by atoms with Crippen LogP contribution in [0.1, 0.15) is 101 Å². The number of ether oxygens (including phenoxy) is 2. The van der Waals surface area contributed by atoms with Crippen LogP contribution >= 0.6 is 11.3 Å². The van der Waals surface area contributed by atoms with Crippen LogP contribution in [-0.4, -0.2) is 109 Å². The molecule has 0 aliphatic carbocycles. The highest BCUT2D eigenvalue weighted by molar-refractivity contribution is 7.09. The number of hydrogen-bond donors (Lipinski definition) is 3. The van der Waals surface area contributed by atoms with Gasteiger partial charge in [-0.2, -0.15) is 0 Å². The van der Waals surface area contributed by atoms with Gasteiger partial charge in [0.05, 0.1) is 13.2 Å². The fraction of sp³-hybridized carbons (Fsp3) is 0.641. The molecule has 3 N–H and O–H groups in total. The van der Waals surface area contributed by atoms with Gasteiger partial charge in [0.2, 0.25) is 11.8 Å². The number of esters is 2. The van der Waals surface area contributed by atoms with E-state index in [-0.39, 0.29) is 47.8 Å². The molecule has 3 amide bonds. The lowest BCUT2D eigenvalue weighted by Gasteiger charge is -2.37. The molecule has 1 aliphatic rings. The third-order valence-electron chi connectivity index (χ3n) is 9.83. The summed E-state index contributed by atoms with van der Waals surface area (Å²) < 4.78 is 10.8. The summed E-state index contributed by atoms with van der Waals surface area (Å²) in [5.74, 6) is -1.94. The zero-order chi connectivity index (χ0) is 39.2. The van der Waals surface area contributed by atoms with Crippen molar-refractivity contribution in [2.45, 2.75) is 116 Å². The maximum atomic E-state index is 14.1. The average molecular weight is 757 g/mol. The van der Waals surface area contributed by atoms with Crippen LogP contribution in [0.25, 0.3) is 0 Å². The summed E-state index contributed by atoms with van der Waals surface area (Å²) in [7, 11) is 4.99. The Morgan fingerprint density at radius 2 is 1.72 bits per heavy atom. The maximum Gasteiger partial charge on any atom is 0.322 e. The number of carbonyl (C=O) groups excluding carboxylic acids is 5. The quantitative estimate of drug-likeness (QED) is 0.178. The number of amides is 3. The van der Waals surface area contributed by atoms with E-state index in [1.54, 1.807) is 17.3 Å². The number of carbonyl (C=O) groups is 5. The van der Waals surface area contributed by atoms with Gasteiger partial charge in [-0.15, -0.1) is 11.3 Å². The monoisotopic (exact) mass is 756 g/mol. The minimum absolute atomic E-state index is 0.0454. The number of nitrogens with zero attached hydrogens (tertiary/aromatic N) is 3. The van der Waals surface area contributed by atoms with E-state index >= 15 is 0 Å². The number of likely N-dealkylation sites (tertiary alicyclic amines) is 1. The SMILES string of the molecule is CCN[C@@H](C[C@H](Cc1ccccc1)NC(=O)c1csc([C@@H](CC(C(C)C)N(C)C(=O)[C@@H](NC(=O)[C@H]2CCCCN2C)C(C)C)OC(C)=O)n1)C(=O)OC. The minimum Gasteiger partial charge on any atom is -0.468 e. The Balaban J connectivity index is 1.81. The van der Waals surface area contributed by atoms with E-state index in [0.29, 0.717) is 24.4 Å². The lowest BCUT2D eigenvalue weighted by molar-refractivity contribution is -0.149. The molecule has 1 aromatic heterocycles. The van der Waals surface area contributed by atoms with Crippen molar-refractivity contribution in [2.75, 3.05) is 34.3 Å². The summed E-state index contributed by atoms with van der Waals surface area (Å²) in [5, 5.41) is 11.3. The van der Waals surface area contributed by atoms with Crippen molar-refractivity contribution >= 4 is 41.0 Å². The van der Waals surface area contributed by atoms with E-state index < -0.39 is 42.1 Å². The molecule has 53 heavy (non-hydrogen) atoms. The van der Waals surface area contributed by atoms with Gasteiger partial charge in [-0.25, -0.2) is 4.98 Å². The molecule has 0 bridgehead atoms. The van der Waals surface area contributed by atoms with Crippen molar-refractivity contribution in [1.82, 2.24) is 30.7 Å². The Kier molecular flexibility index (Phi) is 17.3. The van der Waals surface area contributed by atoms with Gasteiger partial charge < -0.3 is 30.3 Å². The molecular weight excluding hydrogens is 697 g/mol. The van der Waals surface area contributed by atoms with Crippen LogP contribution in [0.2, 0.25) is 0 Å². The number of likely N-dealkylation sites (N-methyl/N-ethyl adjacent to an activating group) is 3. The van der Waals surface area contributed by atoms with E-state index in [1.807, 2.05) is 76.9 Å². The number of nitrogens with one attached hydrogen (secondary N) is 3. The first-order chi connectivity index (χ1) is 25.2. The Hall–Kier alpha value is -3.88. The van der Waals surface area contributed by atoms with Gasteiger partial charge in [-0.3, -0.25) is 28.9 Å². The molecule has 1 aliphatic heterocycles. The Morgan fingerprint density at radius 1 is 1.02 bits per heavy atom. The average Bonchev–Trinajstić information content (AvgIpc) is 3.62. The maximum absolute atomic E-state index is 14.1. The van der Waals surface area contributed by atoms with Crippen LogP contribution in [0.5, 0.6) is 0 Å². The van der Waals surface area contributed by atoms with Crippen LogP contribution in [0.15, 0.2) is 35.7 Å². The van der Waals surface area contributed by atoms with Crippen molar-refractivity contribution in [3.63, 3.8) is 0 Å². The van der Waals surface area contributed by atoms with Gasteiger partial charge >= 0.3 is 11.9 Å². The van der Waals surface area contributed by atoms with E-state index in [0.717, 1.165) is 31.4 Å². The summed E-state index contributed by atoms with van der Waals surface area (Å²) in [6.45, 7) is 12.4. The van der Waals surface area contributed by atoms with E-state index in [4.69, 9.17) is 9.47 Å². The lowest BCUT2D eigenvalue weighted by Crippen LogP contribution is -2.57. The number of rotatable bonds is 19. The molecule has 13 nitrogen and oxygen atoms in total. The fourth-order valence-corrected chi connectivity index (χ4v) is 7.72. The second kappa shape index (κ2) is 21.1. The van der Waals surface area contributed by atoms with E-state index in [1.165, 1.54) is 25.4 Å². The third kappa shape index (κ3) is 12.9. The molecule has 1 saturated heterocycles. The molecule has 0 spiro atoms. The van der Waals surface area contributed by atoms with Crippen molar-refractivity contribution in [3.05, 3.63) is 52.0 Å². The zero-order valence-electron chi connectivity index (χ0n) is 32.8. The van der Waals surface area contributed by atoms with Gasteiger partial charge in [0.25, 0.3) is 5.91 Å². The summed E-state index contributed by atoms with van der Waals surface area (Å²) in [6, 6.07) is 7.23. The Bertz CT molecular complexity index is 1500. The zero-order valence-corrected chi connectivity index (χ0v) is 33.7. The molecule has 1 unspecified atom stereocenters. The van der Waals surface area contributed by atoms with Crippen molar-refractivity contribution in [3.8, 4) is 0 Å². The number of benzene rings is 1. The van der Waals surface area contributed by atoms with Crippen molar-refractivity contribution < 1.29 is 33.4 Å². The van der Waals surface area contributed by atoms with Gasteiger partial charge in [-0.05, 0) is 63.2 Å². The molecular formula is C39H60N6O7S. The van der Waals surface area contributed by atoms with Gasteiger partial charge in [-0.1, -0.05) is 71.4 Å². The predicted octanol–water partition coefficient (Wildman–Crippen LogP) is 4.13. The van der Waals surface area contributed by atoms with Crippen LogP contribution in [0.4, 0.5) is 0 Å². The van der Waals surface area contributed by atoms with Crippen molar-refractivity contribution in [1.29, 1.82) is 0 Å². The second-order valence-electron chi connectivity index (χ2n) is 14.6. The van der Waals surface area contributed by atoms with Gasteiger partial charge in [0.15, 0.2) is 6.10 Å². The van der Waals surface area contributed by atoms with Crippen LogP contribution < -0.4 is 16.0 Å². The summed E-state index contributed by atoms with van der Waals surface area (Å²) in [4.78, 5) is 74.3. The molecule has 1 aromatic carbocycles. The lowest BCUT2D eigenvalue weighted by atomic mass is 9.94. The van der Waals surface area contributed by atoms with Crippen LogP contribution in [0.3, 0.4) is 0 Å². The van der Waals surface area contributed by atoms with E-state index in [2.05, 4.69) is 20.9 Å². The molecule has 2 heterocycles. The van der Waals surface area contributed by atoms with Gasteiger partial charge in [0.1, 0.15) is 22.8 Å². The fourth-order valence-electron chi connectivity index (χ4n) is 6.88. The number of methoxy groups -OCH3 is 1. The van der Waals surface area contributed by atoms with Crippen LogP contribution in [0, 0.1) is 11.8 Å². The molecule has 14 heteroatoms. The predicted molar refractivity (Wildman–Crippen MR) is 205 cm³/mol. The molecule has 0 radical (unpaired) electrons. The first-order valence-corrected chi connectivity index (χ1v) is 19.6. The molecule has 0 saturated carbocycles. The molecule has 3 rings (SSSR count). The number of hydrogen-bond acceptors (Lipinski definition) is 11. The van der Waals surface area contributed by atoms with E-state index in [9.17, 15) is 24.0 Å². The highest BCUT2D eigenvalue weighted by Gasteiger charge is 2.37. The Morgan fingerprint density at radius 3 is 2.30 bits per heavy atom. The highest BCUT2D eigenvalue weighted by Crippen LogP contribution is 2.31. The standard InChI is InChI=1S/C39H60N6O7S/c1-10-40-29(39(50)51-9)21-28(20-27-16-12-11-13-17-27)41-35(47)30-23-53-37(42-30)33(52-26(6)46)22-32(24(2)3)45(8)38(49)34(25(4)5)43-36(48)31-18-14-15-19-44(31)7/h11-13,16-17,23-25,28-29,31-34,40H,10,14-15,18-22H2,1-9H3,(H,41,47)(H,43,48)/t28-,29-,31+,32?,33+,34-/m0/s1. The second-order valence-corrected chi connectivity index (χ2v) is 15.5. The molecule has 1 fully saturated rings. The molecule has 294 valence electrons. The normalized spacial score (nSPS) is 17.7. The smallest absolute Gasteiger partial charge is 0.322 e. The molecule has 6 atom stereocenters. The first-order valence-electron chi connectivity index (χ1n) is 18.7. The number of aromatic nitrogens is 1. The first kappa shape index (κ1) is 43.5. The summed E-state index contributed by atoms with van der Waals surface area (Å²) in [6.07, 6.45) is 2.94. The molecule has 2 aromatic rings. The topological polar surface area (TPSA) is 159 Å². The third-order valence-corrected chi connectivity index (χ3v) is 10.8. The number of piperidine rings is 1. The summed E-state index contributed by atoms with van der Waals surface area (Å²) >= 11 is 1.20. The largest absolute Gasteiger partial charge is 0.468 e. The highest BCUT2D eigenvalue weighted by atomic mass is 32.1. The van der Waals surface area contributed by atoms with Crippen LogP contribution in [-0.2, 0) is 35.1 Å². The number of thiazole rings is 1.